The molecule has 0 fully saturated rings. The number of rotatable bonds is 18. The fourth-order valence-corrected chi connectivity index (χ4v) is 4.06. The molecule has 164 valence electrons. The molecular formula is C27H44O2. The number of aryl methyl sites for hydroxylation is 1. The number of Topliss-reactive ketones (excluding diaryl/α,β-unsaturated/α-hetero) is 2. The van der Waals surface area contributed by atoms with Crippen LogP contribution in [0.1, 0.15) is 126 Å². The maximum absolute atomic E-state index is 12.7. The Hall–Kier alpha value is -1.44. The van der Waals surface area contributed by atoms with Gasteiger partial charge in [-0.1, -0.05) is 121 Å². The van der Waals surface area contributed by atoms with Crippen molar-refractivity contribution in [2.45, 2.75) is 117 Å². The van der Waals surface area contributed by atoms with Crippen molar-refractivity contribution < 1.29 is 9.59 Å². The summed E-state index contributed by atoms with van der Waals surface area (Å²) in [5.74, 6) is -0.462. The van der Waals surface area contributed by atoms with Crippen LogP contribution in [0.15, 0.2) is 24.3 Å². The number of hydrogen-bond acceptors (Lipinski definition) is 2. The van der Waals surface area contributed by atoms with Gasteiger partial charge in [-0.05, 0) is 26.3 Å². The first-order valence-electron chi connectivity index (χ1n) is 12.2. The Morgan fingerprint density at radius 1 is 0.759 bits per heavy atom. The lowest BCUT2D eigenvalue weighted by Gasteiger charge is -2.13. The fraction of sp³-hybridized carbons (Fsp3) is 0.704. The Labute approximate surface area is 179 Å². The van der Waals surface area contributed by atoms with E-state index in [1.165, 1.54) is 77.0 Å². The van der Waals surface area contributed by atoms with Crippen LogP contribution in [0.5, 0.6) is 0 Å². The van der Waals surface area contributed by atoms with Crippen LogP contribution < -0.4 is 0 Å². The van der Waals surface area contributed by atoms with E-state index in [9.17, 15) is 9.59 Å². The Kier molecular flexibility index (Phi) is 14.4. The van der Waals surface area contributed by atoms with Gasteiger partial charge in [0.05, 0.1) is 5.92 Å². The molecule has 1 unspecified atom stereocenters. The van der Waals surface area contributed by atoms with Gasteiger partial charge in [-0.15, -0.1) is 0 Å². The van der Waals surface area contributed by atoms with E-state index in [-0.39, 0.29) is 11.6 Å². The third kappa shape index (κ3) is 12.0. The first-order valence-corrected chi connectivity index (χ1v) is 12.2. The molecule has 0 bridgehead atoms. The molecule has 0 saturated heterocycles. The van der Waals surface area contributed by atoms with Crippen LogP contribution in [0, 0.1) is 12.8 Å². The van der Waals surface area contributed by atoms with Crippen molar-refractivity contribution in [1.82, 2.24) is 0 Å². The number of carbonyl (C=O) groups is 2. The second-order valence-corrected chi connectivity index (χ2v) is 8.78. The summed E-state index contributed by atoms with van der Waals surface area (Å²) in [5.41, 5.74) is 1.74. The van der Waals surface area contributed by atoms with Crippen LogP contribution in [0.25, 0.3) is 0 Å². The lowest BCUT2D eigenvalue weighted by molar-refractivity contribution is -0.119. The summed E-state index contributed by atoms with van der Waals surface area (Å²) in [6, 6.07) is 7.60. The Morgan fingerprint density at radius 2 is 1.24 bits per heavy atom. The molecule has 0 aliphatic heterocycles. The minimum atomic E-state index is -0.464. The van der Waals surface area contributed by atoms with Gasteiger partial charge >= 0.3 is 0 Å². The molecule has 2 heteroatoms. The summed E-state index contributed by atoms with van der Waals surface area (Å²) in [4.78, 5) is 24.7. The molecule has 0 saturated carbocycles. The third-order valence-electron chi connectivity index (χ3n) is 5.96. The van der Waals surface area contributed by atoms with Crippen LogP contribution >= 0.6 is 0 Å². The summed E-state index contributed by atoms with van der Waals surface area (Å²) in [7, 11) is 0. The maximum atomic E-state index is 12.7. The minimum absolute atomic E-state index is 0.00380. The van der Waals surface area contributed by atoms with E-state index >= 15 is 0 Å². The molecule has 29 heavy (non-hydrogen) atoms. The van der Waals surface area contributed by atoms with E-state index in [0.717, 1.165) is 18.4 Å². The summed E-state index contributed by atoms with van der Waals surface area (Å²) in [5, 5.41) is 0. The van der Waals surface area contributed by atoms with E-state index in [2.05, 4.69) is 6.92 Å². The van der Waals surface area contributed by atoms with Gasteiger partial charge in [0.15, 0.2) is 5.78 Å². The van der Waals surface area contributed by atoms with Gasteiger partial charge in [0.2, 0.25) is 0 Å². The summed E-state index contributed by atoms with van der Waals surface area (Å²) in [6.45, 7) is 5.81. The summed E-state index contributed by atoms with van der Waals surface area (Å²) < 4.78 is 0. The van der Waals surface area contributed by atoms with Crippen LogP contribution in [0.3, 0.4) is 0 Å². The molecule has 0 amide bonds. The normalized spacial score (nSPS) is 12.1. The molecule has 2 nitrogen and oxygen atoms in total. The van der Waals surface area contributed by atoms with Crippen LogP contribution in [0.2, 0.25) is 0 Å². The highest BCUT2D eigenvalue weighted by atomic mass is 16.1. The summed E-state index contributed by atoms with van der Waals surface area (Å²) >= 11 is 0. The molecular weight excluding hydrogens is 356 g/mol. The van der Waals surface area contributed by atoms with Crippen molar-refractivity contribution in [2.75, 3.05) is 0 Å². The van der Waals surface area contributed by atoms with Gasteiger partial charge < -0.3 is 0 Å². The zero-order valence-electron chi connectivity index (χ0n) is 19.3. The van der Waals surface area contributed by atoms with E-state index in [0.29, 0.717) is 12.0 Å². The highest BCUT2D eigenvalue weighted by Crippen LogP contribution is 2.19. The second kappa shape index (κ2) is 16.4. The average molecular weight is 401 g/mol. The predicted molar refractivity (Wildman–Crippen MR) is 125 cm³/mol. The average Bonchev–Trinajstić information content (AvgIpc) is 2.70. The van der Waals surface area contributed by atoms with Crippen molar-refractivity contribution in [1.29, 1.82) is 0 Å². The van der Waals surface area contributed by atoms with Crippen LogP contribution in [-0.4, -0.2) is 11.6 Å². The highest BCUT2D eigenvalue weighted by Gasteiger charge is 2.23. The van der Waals surface area contributed by atoms with Gasteiger partial charge in [-0.3, -0.25) is 9.59 Å². The van der Waals surface area contributed by atoms with Gasteiger partial charge in [-0.25, -0.2) is 0 Å². The molecule has 1 aromatic rings. The Morgan fingerprint density at radius 3 is 1.69 bits per heavy atom. The van der Waals surface area contributed by atoms with Crippen molar-refractivity contribution in [3.63, 3.8) is 0 Å². The van der Waals surface area contributed by atoms with Gasteiger partial charge in [0.1, 0.15) is 5.78 Å². The molecule has 0 aliphatic rings. The smallest absolute Gasteiger partial charge is 0.173 e. The van der Waals surface area contributed by atoms with Crippen LogP contribution in [0.4, 0.5) is 0 Å². The molecule has 0 N–H and O–H groups in total. The topological polar surface area (TPSA) is 34.1 Å². The van der Waals surface area contributed by atoms with Crippen molar-refractivity contribution in [3.8, 4) is 0 Å². The number of ketones is 2. The molecule has 0 heterocycles. The monoisotopic (exact) mass is 400 g/mol. The molecule has 0 radical (unpaired) electrons. The number of hydrogen-bond donors (Lipinski definition) is 0. The van der Waals surface area contributed by atoms with Crippen molar-refractivity contribution in [3.05, 3.63) is 35.4 Å². The first-order chi connectivity index (χ1) is 14.1. The number of carbonyl (C=O) groups excluding carboxylic acids is 2. The van der Waals surface area contributed by atoms with Gasteiger partial charge in [-0.2, -0.15) is 0 Å². The van der Waals surface area contributed by atoms with E-state index in [4.69, 9.17) is 0 Å². The quantitative estimate of drug-likeness (QED) is 0.141. The van der Waals surface area contributed by atoms with Gasteiger partial charge in [0.25, 0.3) is 0 Å². The van der Waals surface area contributed by atoms with E-state index in [1.54, 1.807) is 6.92 Å². The Bertz CT molecular complexity index is 576. The summed E-state index contributed by atoms with van der Waals surface area (Å²) in [6.07, 6.45) is 19.1. The highest BCUT2D eigenvalue weighted by molar-refractivity contribution is 6.10. The molecule has 1 rings (SSSR count). The van der Waals surface area contributed by atoms with Crippen molar-refractivity contribution in [2.24, 2.45) is 5.92 Å². The van der Waals surface area contributed by atoms with Crippen LogP contribution in [-0.2, 0) is 4.79 Å². The minimum Gasteiger partial charge on any atom is -0.299 e. The first kappa shape index (κ1) is 25.6. The molecule has 0 aromatic heterocycles. The largest absolute Gasteiger partial charge is 0.299 e. The third-order valence-corrected chi connectivity index (χ3v) is 5.96. The standard InChI is InChI=1S/C27H44O2/c1-4-5-6-7-8-9-10-11-12-13-14-15-16-17-21-26(24(3)28)27(29)25-20-18-19-23(2)22-25/h18-20,22,26H,4-17,21H2,1-3H3. The molecule has 0 aliphatic carbocycles. The van der Waals surface area contributed by atoms with E-state index in [1.807, 2.05) is 31.2 Å². The Balaban J connectivity index is 2.07. The van der Waals surface area contributed by atoms with Gasteiger partial charge in [0, 0.05) is 5.56 Å². The number of unbranched alkanes of at least 4 members (excludes halogenated alkanes) is 13. The zero-order valence-corrected chi connectivity index (χ0v) is 19.3. The lowest BCUT2D eigenvalue weighted by Crippen LogP contribution is -2.22. The molecule has 1 aromatic carbocycles. The molecule has 0 spiro atoms. The molecule has 1 atom stereocenters. The number of benzene rings is 1. The zero-order chi connectivity index (χ0) is 21.3. The maximum Gasteiger partial charge on any atom is 0.173 e. The van der Waals surface area contributed by atoms with E-state index < -0.39 is 5.92 Å². The lowest BCUT2D eigenvalue weighted by atomic mass is 9.89. The SMILES string of the molecule is CCCCCCCCCCCCCCCCC(C(C)=O)C(=O)c1cccc(C)c1. The van der Waals surface area contributed by atoms with Crippen molar-refractivity contribution >= 4 is 11.6 Å². The fourth-order valence-electron chi connectivity index (χ4n) is 4.06. The second-order valence-electron chi connectivity index (χ2n) is 8.78. The predicted octanol–water partition coefficient (Wildman–Crippen LogP) is 8.25.